The Morgan fingerprint density at radius 2 is 2.29 bits per heavy atom. The summed E-state index contributed by atoms with van der Waals surface area (Å²) in [6.45, 7) is 7.23. The Labute approximate surface area is 87.6 Å². The fourth-order valence-corrected chi connectivity index (χ4v) is 2.01. The van der Waals surface area contributed by atoms with Gasteiger partial charge in [0.2, 0.25) is 0 Å². The molecule has 3 nitrogen and oxygen atoms in total. The molecule has 1 heterocycles. The van der Waals surface area contributed by atoms with Crippen molar-refractivity contribution in [1.29, 1.82) is 0 Å². The van der Waals surface area contributed by atoms with Crippen molar-refractivity contribution < 1.29 is 4.74 Å². The first-order valence-corrected chi connectivity index (χ1v) is 5.67. The van der Waals surface area contributed by atoms with E-state index in [-0.39, 0.29) is 0 Å². The molecule has 1 fully saturated rings. The van der Waals surface area contributed by atoms with Gasteiger partial charge in [-0.25, -0.2) is 0 Å². The maximum Gasteiger partial charge on any atom is 0.0702 e. The van der Waals surface area contributed by atoms with E-state index in [1.165, 1.54) is 12.8 Å². The predicted molar refractivity (Wildman–Crippen MR) is 59.3 cm³/mol. The van der Waals surface area contributed by atoms with Crippen LogP contribution in [-0.4, -0.2) is 43.8 Å². The van der Waals surface area contributed by atoms with Crippen LogP contribution in [0.3, 0.4) is 0 Å². The molecular weight excluding hydrogens is 176 g/mol. The van der Waals surface area contributed by atoms with E-state index in [9.17, 15) is 0 Å². The summed E-state index contributed by atoms with van der Waals surface area (Å²) < 4.78 is 5.55. The summed E-state index contributed by atoms with van der Waals surface area (Å²) in [5, 5.41) is 0. The van der Waals surface area contributed by atoms with Crippen molar-refractivity contribution in [3.63, 3.8) is 0 Å². The highest BCUT2D eigenvalue weighted by molar-refractivity contribution is 4.80. The smallest absolute Gasteiger partial charge is 0.0702 e. The Morgan fingerprint density at radius 3 is 2.79 bits per heavy atom. The van der Waals surface area contributed by atoms with Crippen LogP contribution in [0.1, 0.15) is 26.7 Å². The number of hydrogen-bond acceptors (Lipinski definition) is 3. The first-order chi connectivity index (χ1) is 6.65. The Balaban J connectivity index is 2.23. The largest absolute Gasteiger partial charge is 0.377 e. The Kier molecular flexibility index (Phi) is 4.85. The van der Waals surface area contributed by atoms with Gasteiger partial charge in [-0.3, -0.25) is 0 Å². The van der Waals surface area contributed by atoms with E-state index in [1.807, 2.05) is 0 Å². The van der Waals surface area contributed by atoms with Crippen LogP contribution >= 0.6 is 0 Å². The summed E-state index contributed by atoms with van der Waals surface area (Å²) in [4.78, 5) is 2.42. The van der Waals surface area contributed by atoms with Crippen molar-refractivity contribution in [2.75, 3.05) is 26.7 Å². The van der Waals surface area contributed by atoms with Crippen LogP contribution in [0.2, 0.25) is 0 Å². The van der Waals surface area contributed by atoms with Gasteiger partial charge in [-0.05, 0) is 45.8 Å². The summed E-state index contributed by atoms with van der Waals surface area (Å²) in [6, 6.07) is 0.611. The SMILES string of the molecule is CC(CN)CCN(C)C1CCOC1C. The Hall–Kier alpha value is -0.120. The molecule has 0 aromatic heterocycles. The fraction of sp³-hybridized carbons (Fsp3) is 1.00. The van der Waals surface area contributed by atoms with Crippen molar-refractivity contribution in [2.45, 2.75) is 38.8 Å². The molecule has 0 saturated carbocycles. The lowest BCUT2D eigenvalue weighted by Crippen LogP contribution is -2.38. The van der Waals surface area contributed by atoms with Crippen LogP contribution < -0.4 is 5.73 Å². The summed E-state index contributed by atoms with van der Waals surface area (Å²) >= 11 is 0. The topological polar surface area (TPSA) is 38.5 Å². The van der Waals surface area contributed by atoms with E-state index in [0.717, 1.165) is 19.7 Å². The van der Waals surface area contributed by atoms with Gasteiger partial charge in [0.05, 0.1) is 6.10 Å². The van der Waals surface area contributed by atoms with Gasteiger partial charge in [0.15, 0.2) is 0 Å². The second-order valence-corrected chi connectivity index (χ2v) is 4.54. The molecule has 1 aliphatic rings. The van der Waals surface area contributed by atoms with Gasteiger partial charge < -0.3 is 15.4 Å². The minimum Gasteiger partial charge on any atom is -0.377 e. The summed E-state index contributed by atoms with van der Waals surface area (Å²) in [6.07, 6.45) is 2.76. The molecule has 0 bridgehead atoms. The molecule has 3 atom stereocenters. The van der Waals surface area contributed by atoms with Gasteiger partial charge >= 0.3 is 0 Å². The van der Waals surface area contributed by atoms with E-state index in [2.05, 4.69) is 25.8 Å². The minimum atomic E-state index is 0.396. The zero-order valence-corrected chi connectivity index (χ0v) is 9.70. The molecule has 14 heavy (non-hydrogen) atoms. The average molecular weight is 200 g/mol. The molecule has 3 heteroatoms. The number of likely N-dealkylation sites (N-methyl/N-ethyl adjacent to an activating group) is 1. The number of nitrogens with zero attached hydrogens (tertiary/aromatic N) is 1. The van der Waals surface area contributed by atoms with E-state index >= 15 is 0 Å². The van der Waals surface area contributed by atoms with Gasteiger partial charge in [0.25, 0.3) is 0 Å². The van der Waals surface area contributed by atoms with Crippen LogP contribution in [0.5, 0.6) is 0 Å². The molecular formula is C11H24N2O. The van der Waals surface area contributed by atoms with E-state index in [4.69, 9.17) is 10.5 Å². The molecule has 0 aromatic rings. The lowest BCUT2D eigenvalue weighted by molar-refractivity contribution is 0.0821. The average Bonchev–Trinajstić information content (AvgIpc) is 2.60. The third kappa shape index (κ3) is 3.23. The van der Waals surface area contributed by atoms with Crippen LogP contribution in [0.25, 0.3) is 0 Å². The van der Waals surface area contributed by atoms with Gasteiger partial charge in [-0.1, -0.05) is 6.92 Å². The third-order valence-corrected chi connectivity index (χ3v) is 3.28. The van der Waals surface area contributed by atoms with E-state index in [0.29, 0.717) is 18.1 Å². The first-order valence-electron chi connectivity index (χ1n) is 5.67. The van der Waals surface area contributed by atoms with Gasteiger partial charge in [-0.2, -0.15) is 0 Å². The molecule has 0 amide bonds. The van der Waals surface area contributed by atoms with Crippen LogP contribution in [0.4, 0.5) is 0 Å². The van der Waals surface area contributed by atoms with Gasteiger partial charge in [0, 0.05) is 12.6 Å². The van der Waals surface area contributed by atoms with Crippen LogP contribution in [0.15, 0.2) is 0 Å². The Bertz CT molecular complexity index is 163. The van der Waals surface area contributed by atoms with Crippen LogP contribution in [-0.2, 0) is 4.74 Å². The normalized spacial score (nSPS) is 29.8. The highest BCUT2D eigenvalue weighted by Gasteiger charge is 2.27. The van der Waals surface area contributed by atoms with Crippen LogP contribution in [0, 0.1) is 5.92 Å². The van der Waals surface area contributed by atoms with Crippen molar-refractivity contribution in [3.05, 3.63) is 0 Å². The second-order valence-electron chi connectivity index (χ2n) is 4.54. The van der Waals surface area contributed by atoms with E-state index < -0.39 is 0 Å². The molecule has 0 spiro atoms. The Morgan fingerprint density at radius 1 is 1.57 bits per heavy atom. The lowest BCUT2D eigenvalue weighted by atomic mass is 10.1. The number of hydrogen-bond donors (Lipinski definition) is 1. The molecule has 0 aromatic carbocycles. The zero-order valence-electron chi connectivity index (χ0n) is 9.70. The molecule has 0 radical (unpaired) electrons. The maximum absolute atomic E-state index is 5.60. The van der Waals surface area contributed by atoms with Crippen molar-refractivity contribution in [3.8, 4) is 0 Å². The quantitative estimate of drug-likeness (QED) is 0.722. The maximum atomic E-state index is 5.60. The third-order valence-electron chi connectivity index (χ3n) is 3.28. The zero-order chi connectivity index (χ0) is 10.6. The second kappa shape index (κ2) is 5.69. The number of rotatable bonds is 5. The monoisotopic (exact) mass is 200 g/mol. The van der Waals surface area contributed by atoms with E-state index in [1.54, 1.807) is 0 Å². The lowest BCUT2D eigenvalue weighted by Gasteiger charge is -2.27. The van der Waals surface area contributed by atoms with Crippen molar-refractivity contribution in [2.24, 2.45) is 11.7 Å². The molecule has 84 valence electrons. The molecule has 1 saturated heterocycles. The highest BCUT2D eigenvalue weighted by atomic mass is 16.5. The predicted octanol–water partition coefficient (Wildman–Crippen LogP) is 1.08. The van der Waals surface area contributed by atoms with Gasteiger partial charge in [0.1, 0.15) is 0 Å². The molecule has 0 aliphatic carbocycles. The van der Waals surface area contributed by atoms with Gasteiger partial charge in [-0.15, -0.1) is 0 Å². The molecule has 1 rings (SSSR count). The summed E-state index contributed by atoms with van der Waals surface area (Å²) in [7, 11) is 2.19. The standard InChI is InChI=1S/C11H24N2O/c1-9(8-12)4-6-13(3)11-5-7-14-10(11)2/h9-11H,4-8,12H2,1-3H3. The number of nitrogens with two attached hydrogens (primary N) is 1. The highest BCUT2D eigenvalue weighted by Crippen LogP contribution is 2.18. The molecule has 2 N–H and O–H groups in total. The summed E-state index contributed by atoms with van der Waals surface area (Å²) in [5.74, 6) is 0.634. The molecule has 1 aliphatic heterocycles. The summed E-state index contributed by atoms with van der Waals surface area (Å²) in [5.41, 5.74) is 5.60. The van der Waals surface area contributed by atoms with Crippen molar-refractivity contribution >= 4 is 0 Å². The minimum absolute atomic E-state index is 0.396. The van der Waals surface area contributed by atoms with Crippen molar-refractivity contribution in [1.82, 2.24) is 4.90 Å². The molecule has 3 unspecified atom stereocenters. The first kappa shape index (κ1) is 12.0. The fourth-order valence-electron chi connectivity index (χ4n) is 2.01. The number of ether oxygens (including phenoxy) is 1.